The molecule has 2 aliphatic rings. The molecule has 2 unspecified atom stereocenters. The first-order valence-corrected chi connectivity index (χ1v) is 9.49. The summed E-state index contributed by atoms with van der Waals surface area (Å²) >= 11 is 0. The molecule has 1 aromatic carbocycles. The van der Waals surface area contributed by atoms with E-state index in [0.29, 0.717) is 23.8 Å². The van der Waals surface area contributed by atoms with Crippen molar-refractivity contribution < 1.29 is 14.1 Å². The fourth-order valence-electron chi connectivity index (χ4n) is 4.16. The lowest BCUT2D eigenvalue weighted by atomic mass is 9.92. The average molecular weight is 365 g/mol. The van der Waals surface area contributed by atoms with Crippen molar-refractivity contribution in [1.82, 2.24) is 4.90 Å². The summed E-state index contributed by atoms with van der Waals surface area (Å²) in [6.45, 7) is 8.94. The van der Waals surface area contributed by atoms with Gasteiger partial charge in [-0.25, -0.2) is 4.39 Å². The first-order valence-electron chi connectivity index (χ1n) is 9.49. The SMILES string of the molecule is CC1CN(CCC2CCN(c3ccc([N+](=O)[O-])cc3F)CC2)CC(C)O1. The number of nitro groups is 1. The zero-order chi connectivity index (χ0) is 18.7. The Labute approximate surface area is 154 Å². The number of anilines is 1. The van der Waals surface area contributed by atoms with Crippen molar-refractivity contribution in [3.63, 3.8) is 0 Å². The van der Waals surface area contributed by atoms with Gasteiger partial charge in [0.05, 0.1) is 28.9 Å². The number of morpholine rings is 1. The maximum atomic E-state index is 14.2. The highest BCUT2D eigenvalue weighted by Crippen LogP contribution is 2.29. The molecule has 2 atom stereocenters. The number of nitrogens with zero attached hydrogens (tertiary/aromatic N) is 3. The van der Waals surface area contributed by atoms with Crippen LogP contribution in [0, 0.1) is 21.8 Å². The number of nitro benzene ring substituents is 1. The third kappa shape index (κ3) is 4.71. The number of ether oxygens (including phenoxy) is 1. The number of halogens is 1. The van der Waals surface area contributed by atoms with Crippen LogP contribution in [0.15, 0.2) is 18.2 Å². The molecule has 0 spiro atoms. The zero-order valence-electron chi connectivity index (χ0n) is 15.6. The van der Waals surface area contributed by atoms with E-state index in [9.17, 15) is 14.5 Å². The standard InChI is InChI=1S/C19H28FN3O3/c1-14-12-21(13-15(2)26-14)8-5-16-6-9-22(10-7-16)19-4-3-17(23(24)25)11-18(19)20/h3-4,11,14-16H,5-10,12-13H2,1-2H3. The molecule has 2 heterocycles. The van der Waals surface area contributed by atoms with E-state index < -0.39 is 10.7 Å². The van der Waals surface area contributed by atoms with Crippen LogP contribution in [0.5, 0.6) is 0 Å². The Hall–Kier alpha value is -1.73. The van der Waals surface area contributed by atoms with Gasteiger partial charge in [0.1, 0.15) is 0 Å². The van der Waals surface area contributed by atoms with Crippen LogP contribution < -0.4 is 4.90 Å². The summed E-state index contributed by atoms with van der Waals surface area (Å²) in [5, 5.41) is 10.7. The Morgan fingerprint density at radius 3 is 2.46 bits per heavy atom. The molecule has 0 radical (unpaired) electrons. The van der Waals surface area contributed by atoms with Gasteiger partial charge in [0.15, 0.2) is 5.82 Å². The van der Waals surface area contributed by atoms with Crippen molar-refractivity contribution in [1.29, 1.82) is 0 Å². The molecular weight excluding hydrogens is 337 g/mol. The van der Waals surface area contributed by atoms with Gasteiger partial charge >= 0.3 is 0 Å². The molecule has 0 aromatic heterocycles. The molecule has 0 saturated carbocycles. The zero-order valence-corrected chi connectivity index (χ0v) is 15.6. The molecule has 26 heavy (non-hydrogen) atoms. The van der Waals surface area contributed by atoms with E-state index in [-0.39, 0.29) is 5.69 Å². The number of hydrogen-bond acceptors (Lipinski definition) is 5. The number of piperidine rings is 1. The highest BCUT2D eigenvalue weighted by Gasteiger charge is 2.25. The Morgan fingerprint density at radius 1 is 1.23 bits per heavy atom. The molecule has 0 N–H and O–H groups in total. The van der Waals surface area contributed by atoms with Crippen LogP contribution in [-0.4, -0.2) is 54.8 Å². The predicted molar refractivity (Wildman–Crippen MR) is 99.1 cm³/mol. The molecule has 3 rings (SSSR count). The second kappa shape index (κ2) is 8.31. The van der Waals surface area contributed by atoms with Crippen LogP contribution >= 0.6 is 0 Å². The van der Waals surface area contributed by atoms with E-state index >= 15 is 0 Å². The lowest BCUT2D eigenvalue weighted by Crippen LogP contribution is -2.46. The fourth-order valence-corrected chi connectivity index (χ4v) is 4.16. The van der Waals surface area contributed by atoms with Crippen LogP contribution in [0.2, 0.25) is 0 Å². The minimum absolute atomic E-state index is 0.199. The summed E-state index contributed by atoms with van der Waals surface area (Å²) in [6, 6.07) is 3.93. The number of rotatable bonds is 5. The van der Waals surface area contributed by atoms with E-state index in [1.807, 2.05) is 4.90 Å². The molecule has 144 valence electrons. The van der Waals surface area contributed by atoms with Crippen molar-refractivity contribution in [2.45, 2.75) is 45.3 Å². The molecule has 2 saturated heterocycles. The van der Waals surface area contributed by atoms with Crippen molar-refractivity contribution >= 4 is 11.4 Å². The highest BCUT2D eigenvalue weighted by molar-refractivity contribution is 5.52. The maximum absolute atomic E-state index is 14.2. The van der Waals surface area contributed by atoms with E-state index in [2.05, 4.69) is 18.7 Å². The summed E-state index contributed by atoms with van der Waals surface area (Å²) in [7, 11) is 0. The van der Waals surface area contributed by atoms with Gasteiger partial charge in [-0.15, -0.1) is 0 Å². The van der Waals surface area contributed by atoms with Crippen molar-refractivity contribution in [2.75, 3.05) is 37.6 Å². The van der Waals surface area contributed by atoms with Gasteiger partial charge in [-0.2, -0.15) is 0 Å². The van der Waals surface area contributed by atoms with Gasteiger partial charge in [-0.3, -0.25) is 15.0 Å². The second-order valence-corrected chi connectivity index (χ2v) is 7.63. The summed E-state index contributed by atoms with van der Waals surface area (Å²) < 4.78 is 20.0. The minimum Gasteiger partial charge on any atom is -0.373 e. The molecule has 2 aliphatic heterocycles. The summed E-state index contributed by atoms with van der Waals surface area (Å²) in [5.41, 5.74) is 0.278. The maximum Gasteiger partial charge on any atom is 0.272 e. The van der Waals surface area contributed by atoms with Crippen molar-refractivity contribution in [2.24, 2.45) is 5.92 Å². The second-order valence-electron chi connectivity index (χ2n) is 7.63. The predicted octanol–water partition coefficient (Wildman–Crippen LogP) is 3.45. The lowest BCUT2D eigenvalue weighted by molar-refractivity contribution is -0.385. The van der Waals surface area contributed by atoms with Crippen LogP contribution in [0.1, 0.15) is 33.1 Å². The molecule has 1 aromatic rings. The van der Waals surface area contributed by atoms with E-state index in [1.165, 1.54) is 12.1 Å². The molecule has 6 nitrogen and oxygen atoms in total. The molecular formula is C19H28FN3O3. The molecule has 0 aliphatic carbocycles. The van der Waals surface area contributed by atoms with Crippen LogP contribution in [0.25, 0.3) is 0 Å². The van der Waals surface area contributed by atoms with Gasteiger partial charge in [0.25, 0.3) is 5.69 Å². The Kier molecular flexibility index (Phi) is 6.09. The van der Waals surface area contributed by atoms with Crippen LogP contribution in [-0.2, 0) is 4.74 Å². The lowest BCUT2D eigenvalue weighted by Gasteiger charge is -2.37. The van der Waals surface area contributed by atoms with Gasteiger partial charge < -0.3 is 9.64 Å². The first kappa shape index (κ1) is 19.0. The van der Waals surface area contributed by atoms with Gasteiger partial charge in [-0.05, 0) is 51.6 Å². The largest absolute Gasteiger partial charge is 0.373 e. The Bertz CT molecular complexity index is 624. The number of benzene rings is 1. The summed E-state index contributed by atoms with van der Waals surface area (Å²) in [4.78, 5) is 14.7. The van der Waals surface area contributed by atoms with Gasteiger partial charge in [-0.1, -0.05) is 0 Å². The Morgan fingerprint density at radius 2 is 1.88 bits per heavy atom. The first-order chi connectivity index (χ1) is 12.4. The van der Waals surface area contributed by atoms with E-state index in [4.69, 9.17) is 4.74 Å². The monoisotopic (exact) mass is 365 g/mol. The topological polar surface area (TPSA) is 58.9 Å². The summed E-state index contributed by atoms with van der Waals surface area (Å²) in [6.07, 6.45) is 3.82. The van der Waals surface area contributed by atoms with E-state index in [1.54, 1.807) is 0 Å². The smallest absolute Gasteiger partial charge is 0.272 e. The fraction of sp³-hybridized carbons (Fsp3) is 0.684. The van der Waals surface area contributed by atoms with Crippen LogP contribution in [0.4, 0.5) is 15.8 Å². The normalized spacial score (nSPS) is 25.4. The Balaban J connectivity index is 1.48. The van der Waals surface area contributed by atoms with Crippen molar-refractivity contribution in [3.05, 3.63) is 34.1 Å². The minimum atomic E-state index is -0.563. The van der Waals surface area contributed by atoms with Crippen molar-refractivity contribution in [3.8, 4) is 0 Å². The average Bonchev–Trinajstić information content (AvgIpc) is 2.59. The van der Waals surface area contributed by atoms with Gasteiger partial charge in [0.2, 0.25) is 0 Å². The molecule has 0 bridgehead atoms. The third-order valence-electron chi connectivity index (χ3n) is 5.45. The number of hydrogen-bond donors (Lipinski definition) is 0. The van der Waals surface area contributed by atoms with Crippen LogP contribution in [0.3, 0.4) is 0 Å². The summed E-state index contributed by atoms with van der Waals surface area (Å²) in [5.74, 6) is 0.148. The molecule has 0 amide bonds. The third-order valence-corrected chi connectivity index (χ3v) is 5.45. The van der Waals surface area contributed by atoms with Gasteiger partial charge in [0, 0.05) is 32.2 Å². The number of non-ortho nitro benzene ring substituents is 1. The quantitative estimate of drug-likeness (QED) is 0.591. The van der Waals surface area contributed by atoms with E-state index in [0.717, 1.165) is 58.1 Å². The highest BCUT2D eigenvalue weighted by atomic mass is 19.1. The molecule has 2 fully saturated rings. The molecule has 7 heteroatoms.